The summed E-state index contributed by atoms with van der Waals surface area (Å²) in [6, 6.07) is 11.3. The molecule has 0 fully saturated rings. The fourth-order valence-corrected chi connectivity index (χ4v) is 1.94. The SMILES string of the molecule is COc1cc(/C=C\c2ccc(OC)cc2N)cc(OC)c1.O=C(O)C(=O)O. The van der Waals surface area contributed by atoms with Gasteiger partial charge in [0.15, 0.2) is 0 Å². The highest BCUT2D eigenvalue weighted by molar-refractivity contribution is 6.27. The molecule has 0 aliphatic rings. The van der Waals surface area contributed by atoms with E-state index in [-0.39, 0.29) is 0 Å². The number of hydrogen-bond donors (Lipinski definition) is 3. The molecule has 0 spiro atoms. The molecule has 8 heteroatoms. The van der Waals surface area contributed by atoms with Gasteiger partial charge in [-0.15, -0.1) is 0 Å². The number of rotatable bonds is 5. The van der Waals surface area contributed by atoms with Gasteiger partial charge < -0.3 is 30.2 Å². The van der Waals surface area contributed by atoms with E-state index < -0.39 is 11.9 Å². The molecule has 4 N–H and O–H groups in total. The van der Waals surface area contributed by atoms with Crippen LogP contribution >= 0.6 is 0 Å². The molecule has 2 aromatic rings. The quantitative estimate of drug-likeness (QED) is 0.413. The maximum Gasteiger partial charge on any atom is 0.414 e. The van der Waals surface area contributed by atoms with Crippen molar-refractivity contribution in [2.75, 3.05) is 27.1 Å². The number of hydrogen-bond acceptors (Lipinski definition) is 6. The van der Waals surface area contributed by atoms with Gasteiger partial charge in [0.1, 0.15) is 17.2 Å². The highest BCUT2D eigenvalue weighted by atomic mass is 16.5. The van der Waals surface area contributed by atoms with Crippen molar-refractivity contribution >= 4 is 29.8 Å². The molecule has 2 aromatic carbocycles. The van der Waals surface area contributed by atoms with Crippen LogP contribution < -0.4 is 19.9 Å². The molecular formula is C19H21NO7. The maximum atomic E-state index is 9.10. The van der Waals surface area contributed by atoms with Crippen LogP contribution in [0.4, 0.5) is 5.69 Å². The topological polar surface area (TPSA) is 128 Å². The standard InChI is InChI=1S/C17H19NO3.C2H2O4/c1-19-14-7-6-13(17(18)11-14)5-4-12-8-15(20-2)10-16(9-12)21-3;3-1(4)2(5)6/h4-11H,18H2,1-3H3;(H,3,4)(H,5,6)/b5-4-;. The van der Waals surface area contributed by atoms with Crippen LogP contribution in [0, 0.1) is 0 Å². The normalized spacial score (nSPS) is 9.89. The number of methoxy groups -OCH3 is 3. The number of nitrogens with two attached hydrogens (primary N) is 1. The minimum Gasteiger partial charge on any atom is -0.497 e. The van der Waals surface area contributed by atoms with Crippen LogP contribution in [0.15, 0.2) is 36.4 Å². The second-order valence-corrected chi connectivity index (χ2v) is 5.08. The number of carbonyl (C=O) groups is 2. The van der Waals surface area contributed by atoms with E-state index in [1.54, 1.807) is 27.4 Å². The Morgan fingerprint density at radius 3 is 1.74 bits per heavy atom. The summed E-state index contributed by atoms with van der Waals surface area (Å²) in [5.41, 5.74) is 8.56. The van der Waals surface area contributed by atoms with E-state index in [0.29, 0.717) is 5.69 Å². The summed E-state index contributed by atoms with van der Waals surface area (Å²) < 4.78 is 15.6. The van der Waals surface area contributed by atoms with Crippen molar-refractivity contribution in [2.45, 2.75) is 0 Å². The zero-order chi connectivity index (χ0) is 20.4. The molecule has 0 aromatic heterocycles. The van der Waals surface area contributed by atoms with E-state index in [1.165, 1.54) is 0 Å². The van der Waals surface area contributed by atoms with Crippen LogP contribution in [-0.4, -0.2) is 43.5 Å². The summed E-state index contributed by atoms with van der Waals surface area (Å²) >= 11 is 0. The molecule has 2 rings (SSSR count). The molecule has 0 amide bonds. The summed E-state index contributed by atoms with van der Waals surface area (Å²) in [7, 11) is 4.88. The first-order valence-corrected chi connectivity index (χ1v) is 7.61. The number of aliphatic carboxylic acids is 2. The zero-order valence-electron chi connectivity index (χ0n) is 15.1. The first-order chi connectivity index (χ1) is 12.8. The Bertz CT molecular complexity index is 797. The molecule has 0 unspecified atom stereocenters. The van der Waals surface area contributed by atoms with Crippen LogP contribution in [-0.2, 0) is 9.59 Å². The van der Waals surface area contributed by atoms with Gasteiger partial charge in [-0.05, 0) is 35.4 Å². The van der Waals surface area contributed by atoms with Crippen molar-refractivity contribution in [3.8, 4) is 17.2 Å². The number of ether oxygens (including phenoxy) is 3. The number of anilines is 1. The van der Waals surface area contributed by atoms with Gasteiger partial charge in [0.2, 0.25) is 0 Å². The van der Waals surface area contributed by atoms with Crippen molar-refractivity contribution in [1.29, 1.82) is 0 Å². The lowest BCUT2D eigenvalue weighted by molar-refractivity contribution is -0.159. The zero-order valence-corrected chi connectivity index (χ0v) is 15.1. The fraction of sp³-hybridized carbons (Fsp3) is 0.158. The molecule has 0 bridgehead atoms. The van der Waals surface area contributed by atoms with E-state index in [4.69, 9.17) is 39.7 Å². The minimum atomic E-state index is -1.82. The highest BCUT2D eigenvalue weighted by Crippen LogP contribution is 2.25. The lowest BCUT2D eigenvalue weighted by Crippen LogP contribution is -2.09. The molecule has 0 aliphatic carbocycles. The van der Waals surface area contributed by atoms with E-state index in [0.717, 1.165) is 28.4 Å². The molecule has 8 nitrogen and oxygen atoms in total. The molecule has 0 heterocycles. The van der Waals surface area contributed by atoms with Crippen LogP contribution in [0.5, 0.6) is 17.2 Å². The third-order valence-electron chi connectivity index (χ3n) is 3.31. The Kier molecular flexibility index (Phi) is 8.18. The number of nitrogen functional groups attached to an aromatic ring is 1. The predicted octanol–water partition coefficient (Wildman–Crippen LogP) is 2.62. The van der Waals surface area contributed by atoms with Crippen LogP contribution in [0.3, 0.4) is 0 Å². The molecule has 0 saturated heterocycles. The molecule has 144 valence electrons. The van der Waals surface area contributed by atoms with E-state index in [1.807, 2.05) is 42.5 Å². The van der Waals surface area contributed by atoms with Crippen molar-refractivity contribution in [2.24, 2.45) is 0 Å². The van der Waals surface area contributed by atoms with Gasteiger partial charge in [-0.25, -0.2) is 9.59 Å². The van der Waals surface area contributed by atoms with Crippen molar-refractivity contribution < 1.29 is 34.0 Å². The summed E-state index contributed by atoms with van der Waals surface area (Å²) in [6.07, 6.45) is 3.91. The first-order valence-electron chi connectivity index (χ1n) is 7.61. The van der Waals surface area contributed by atoms with Gasteiger partial charge in [0, 0.05) is 17.8 Å². The molecule has 0 saturated carbocycles. The smallest absolute Gasteiger partial charge is 0.414 e. The highest BCUT2D eigenvalue weighted by Gasteiger charge is 2.04. The monoisotopic (exact) mass is 375 g/mol. The lowest BCUT2D eigenvalue weighted by Gasteiger charge is -2.06. The summed E-state index contributed by atoms with van der Waals surface area (Å²) in [4.78, 5) is 18.2. The summed E-state index contributed by atoms with van der Waals surface area (Å²) in [5.74, 6) is -1.41. The van der Waals surface area contributed by atoms with Gasteiger partial charge in [0.05, 0.1) is 21.3 Å². The van der Waals surface area contributed by atoms with Gasteiger partial charge in [-0.1, -0.05) is 12.2 Å². The second-order valence-electron chi connectivity index (χ2n) is 5.08. The number of carboxylic acid groups (broad SMARTS) is 2. The lowest BCUT2D eigenvalue weighted by atomic mass is 10.1. The van der Waals surface area contributed by atoms with Gasteiger partial charge in [-0.3, -0.25) is 0 Å². The van der Waals surface area contributed by atoms with Crippen LogP contribution in [0.1, 0.15) is 11.1 Å². The van der Waals surface area contributed by atoms with E-state index >= 15 is 0 Å². The average Bonchev–Trinajstić information content (AvgIpc) is 2.66. The summed E-state index contributed by atoms with van der Waals surface area (Å²) in [5, 5.41) is 14.8. The molecule has 0 atom stereocenters. The fourth-order valence-electron chi connectivity index (χ4n) is 1.94. The van der Waals surface area contributed by atoms with E-state index in [2.05, 4.69) is 0 Å². The van der Waals surface area contributed by atoms with Crippen molar-refractivity contribution in [1.82, 2.24) is 0 Å². The van der Waals surface area contributed by atoms with E-state index in [9.17, 15) is 0 Å². The Labute approximate surface area is 156 Å². The van der Waals surface area contributed by atoms with Gasteiger partial charge >= 0.3 is 11.9 Å². The average molecular weight is 375 g/mol. The third kappa shape index (κ3) is 6.99. The van der Waals surface area contributed by atoms with Gasteiger partial charge in [0.25, 0.3) is 0 Å². The maximum absolute atomic E-state index is 9.10. The Morgan fingerprint density at radius 1 is 0.815 bits per heavy atom. The van der Waals surface area contributed by atoms with Gasteiger partial charge in [-0.2, -0.15) is 0 Å². The summed E-state index contributed by atoms with van der Waals surface area (Å²) in [6.45, 7) is 0. The van der Waals surface area contributed by atoms with Crippen molar-refractivity contribution in [3.05, 3.63) is 47.5 Å². The first kappa shape index (κ1) is 21.4. The molecular weight excluding hydrogens is 354 g/mol. The van der Waals surface area contributed by atoms with Crippen molar-refractivity contribution in [3.63, 3.8) is 0 Å². The Hall–Kier alpha value is -3.68. The third-order valence-corrected chi connectivity index (χ3v) is 3.31. The van der Waals surface area contributed by atoms with Crippen LogP contribution in [0.2, 0.25) is 0 Å². The number of carboxylic acids is 2. The number of benzene rings is 2. The second kappa shape index (κ2) is 10.3. The Balaban J connectivity index is 0.000000527. The minimum absolute atomic E-state index is 0.667. The molecule has 0 radical (unpaired) electrons. The van der Waals surface area contributed by atoms with Crippen LogP contribution in [0.25, 0.3) is 12.2 Å². The molecule has 0 aliphatic heterocycles. The predicted molar refractivity (Wildman–Crippen MR) is 101 cm³/mol. The molecule has 27 heavy (non-hydrogen) atoms. The Morgan fingerprint density at radius 2 is 1.33 bits per heavy atom. The largest absolute Gasteiger partial charge is 0.497 e.